The van der Waals surface area contributed by atoms with Crippen molar-refractivity contribution >= 4 is 23.4 Å². The van der Waals surface area contributed by atoms with E-state index in [1.807, 2.05) is 6.92 Å². The van der Waals surface area contributed by atoms with Crippen LogP contribution in [-0.2, 0) is 4.74 Å². The second-order valence-corrected chi connectivity index (χ2v) is 4.03. The maximum absolute atomic E-state index is 11.6. The van der Waals surface area contributed by atoms with Gasteiger partial charge < -0.3 is 10.5 Å². The van der Waals surface area contributed by atoms with E-state index < -0.39 is 0 Å². The standard InChI is InChI=1S/C10H14N2O2S/c1-3-14-10(13)8-5-7(11)6-12-9(8)15-4-2/h5-6H,3-4,11H2,1-2H3. The third kappa shape index (κ3) is 3.13. The third-order valence-corrected chi connectivity index (χ3v) is 2.54. The second-order valence-electron chi connectivity index (χ2n) is 2.77. The van der Waals surface area contributed by atoms with Crippen LogP contribution in [0.3, 0.4) is 0 Å². The highest BCUT2D eigenvalue weighted by molar-refractivity contribution is 7.99. The number of aromatic nitrogens is 1. The van der Waals surface area contributed by atoms with Crippen LogP contribution in [0.5, 0.6) is 0 Å². The summed E-state index contributed by atoms with van der Waals surface area (Å²) in [5.74, 6) is 0.483. The summed E-state index contributed by atoms with van der Waals surface area (Å²) >= 11 is 1.50. The molecule has 0 amide bonds. The molecule has 1 heterocycles. The maximum atomic E-state index is 11.6. The number of nitrogen functional groups attached to an aromatic ring is 1. The predicted octanol–water partition coefficient (Wildman–Crippen LogP) is 1.95. The Morgan fingerprint density at radius 2 is 2.33 bits per heavy atom. The molecule has 1 aromatic heterocycles. The molecular weight excluding hydrogens is 212 g/mol. The molecule has 82 valence electrons. The molecule has 0 aromatic carbocycles. The highest BCUT2D eigenvalue weighted by Crippen LogP contribution is 2.22. The van der Waals surface area contributed by atoms with E-state index in [0.717, 1.165) is 5.75 Å². The molecule has 4 nitrogen and oxygen atoms in total. The number of rotatable bonds is 4. The van der Waals surface area contributed by atoms with Gasteiger partial charge in [-0.1, -0.05) is 6.92 Å². The van der Waals surface area contributed by atoms with Crippen molar-refractivity contribution in [3.8, 4) is 0 Å². The number of ether oxygens (including phenoxy) is 1. The summed E-state index contributed by atoms with van der Waals surface area (Å²) in [5, 5.41) is 0.671. The van der Waals surface area contributed by atoms with Crippen LogP contribution in [0.2, 0.25) is 0 Å². The first kappa shape index (κ1) is 11.8. The lowest BCUT2D eigenvalue weighted by Crippen LogP contribution is -2.08. The third-order valence-electron chi connectivity index (χ3n) is 1.65. The summed E-state index contributed by atoms with van der Waals surface area (Å²) in [6, 6.07) is 1.60. The van der Waals surface area contributed by atoms with Gasteiger partial charge in [-0.05, 0) is 18.7 Å². The average molecular weight is 226 g/mol. The number of carbonyl (C=O) groups excluding carboxylic acids is 1. The van der Waals surface area contributed by atoms with E-state index in [-0.39, 0.29) is 5.97 Å². The number of pyridine rings is 1. The Kier molecular flexibility index (Phi) is 4.42. The first-order valence-corrected chi connectivity index (χ1v) is 5.73. The van der Waals surface area contributed by atoms with Gasteiger partial charge in [0, 0.05) is 0 Å². The lowest BCUT2D eigenvalue weighted by molar-refractivity contribution is 0.0521. The molecule has 0 radical (unpaired) electrons. The Morgan fingerprint density at radius 3 is 2.93 bits per heavy atom. The molecule has 2 N–H and O–H groups in total. The number of hydrogen-bond donors (Lipinski definition) is 1. The zero-order valence-electron chi connectivity index (χ0n) is 8.82. The van der Waals surface area contributed by atoms with Crippen LogP contribution in [0, 0.1) is 0 Å². The second kappa shape index (κ2) is 5.60. The molecule has 15 heavy (non-hydrogen) atoms. The number of thioether (sulfide) groups is 1. The molecule has 1 aromatic rings. The van der Waals surface area contributed by atoms with Crippen molar-refractivity contribution in [1.29, 1.82) is 0 Å². The summed E-state index contributed by atoms with van der Waals surface area (Å²) in [5.41, 5.74) is 6.50. The van der Waals surface area contributed by atoms with Crippen molar-refractivity contribution < 1.29 is 9.53 Å². The van der Waals surface area contributed by atoms with Crippen LogP contribution in [0.25, 0.3) is 0 Å². The summed E-state index contributed by atoms with van der Waals surface area (Å²) in [7, 11) is 0. The van der Waals surface area contributed by atoms with Gasteiger partial charge in [-0.25, -0.2) is 9.78 Å². The SMILES string of the molecule is CCOC(=O)c1cc(N)cnc1SCC. The van der Waals surface area contributed by atoms with Crippen LogP contribution < -0.4 is 5.73 Å². The van der Waals surface area contributed by atoms with Crippen LogP contribution in [-0.4, -0.2) is 23.3 Å². The topological polar surface area (TPSA) is 65.2 Å². The van der Waals surface area contributed by atoms with Crippen molar-refractivity contribution in [2.45, 2.75) is 18.9 Å². The minimum absolute atomic E-state index is 0.351. The van der Waals surface area contributed by atoms with E-state index in [1.54, 1.807) is 19.2 Å². The summed E-state index contributed by atoms with van der Waals surface area (Å²) in [4.78, 5) is 15.7. The van der Waals surface area contributed by atoms with Crippen LogP contribution in [0.1, 0.15) is 24.2 Å². The number of esters is 1. The number of hydrogen-bond acceptors (Lipinski definition) is 5. The Labute approximate surface area is 93.2 Å². The van der Waals surface area contributed by atoms with Gasteiger partial charge >= 0.3 is 5.97 Å². The molecule has 0 atom stereocenters. The van der Waals surface area contributed by atoms with Crippen molar-refractivity contribution in [3.05, 3.63) is 17.8 Å². The number of anilines is 1. The summed E-state index contributed by atoms with van der Waals surface area (Å²) < 4.78 is 4.92. The molecule has 0 unspecified atom stereocenters. The van der Waals surface area contributed by atoms with Crippen LogP contribution in [0.15, 0.2) is 17.3 Å². The fourth-order valence-corrected chi connectivity index (χ4v) is 1.77. The Hall–Kier alpha value is -1.23. The normalized spacial score (nSPS) is 10.0. The zero-order valence-corrected chi connectivity index (χ0v) is 9.63. The molecule has 0 fully saturated rings. The van der Waals surface area contributed by atoms with Crippen LogP contribution in [0.4, 0.5) is 5.69 Å². The molecule has 0 saturated carbocycles. The monoisotopic (exact) mass is 226 g/mol. The van der Waals surface area contributed by atoms with Crippen molar-refractivity contribution in [1.82, 2.24) is 4.98 Å². The average Bonchev–Trinajstić information content (AvgIpc) is 2.21. The largest absolute Gasteiger partial charge is 0.462 e. The molecule has 0 spiro atoms. The minimum atomic E-state index is -0.367. The highest BCUT2D eigenvalue weighted by atomic mass is 32.2. The fourth-order valence-electron chi connectivity index (χ4n) is 1.08. The Bertz CT molecular complexity index is 355. The molecular formula is C10H14N2O2S. The Balaban J connectivity index is 3.00. The maximum Gasteiger partial charge on any atom is 0.340 e. The predicted molar refractivity (Wildman–Crippen MR) is 61.0 cm³/mol. The first-order valence-electron chi connectivity index (χ1n) is 4.74. The smallest absolute Gasteiger partial charge is 0.340 e. The van der Waals surface area contributed by atoms with Gasteiger partial charge in [0.1, 0.15) is 5.03 Å². The molecule has 0 aliphatic rings. The van der Waals surface area contributed by atoms with Gasteiger partial charge in [-0.2, -0.15) is 0 Å². The van der Waals surface area contributed by atoms with E-state index in [2.05, 4.69) is 4.98 Å². The summed E-state index contributed by atoms with van der Waals surface area (Å²) in [6.45, 7) is 4.12. The molecule has 1 rings (SSSR count). The highest BCUT2D eigenvalue weighted by Gasteiger charge is 2.14. The molecule has 5 heteroatoms. The molecule has 0 aliphatic carbocycles. The number of carbonyl (C=O) groups is 1. The van der Waals surface area contributed by atoms with Crippen LogP contribution >= 0.6 is 11.8 Å². The molecule has 0 saturated heterocycles. The Morgan fingerprint density at radius 1 is 1.60 bits per heavy atom. The van der Waals surface area contributed by atoms with Gasteiger partial charge in [-0.15, -0.1) is 11.8 Å². The zero-order chi connectivity index (χ0) is 11.3. The van der Waals surface area contributed by atoms with E-state index in [0.29, 0.717) is 22.9 Å². The summed E-state index contributed by atoms with van der Waals surface area (Å²) in [6.07, 6.45) is 1.54. The van der Waals surface area contributed by atoms with E-state index >= 15 is 0 Å². The van der Waals surface area contributed by atoms with Gasteiger partial charge in [-0.3, -0.25) is 0 Å². The van der Waals surface area contributed by atoms with E-state index in [4.69, 9.17) is 10.5 Å². The lowest BCUT2D eigenvalue weighted by atomic mass is 10.3. The van der Waals surface area contributed by atoms with E-state index in [9.17, 15) is 4.79 Å². The molecule has 0 aliphatic heterocycles. The van der Waals surface area contributed by atoms with Crippen molar-refractivity contribution in [2.75, 3.05) is 18.1 Å². The van der Waals surface area contributed by atoms with Gasteiger partial charge in [0.25, 0.3) is 0 Å². The van der Waals surface area contributed by atoms with Crippen molar-refractivity contribution in [2.24, 2.45) is 0 Å². The number of nitrogens with two attached hydrogens (primary N) is 1. The van der Waals surface area contributed by atoms with E-state index in [1.165, 1.54) is 11.8 Å². The number of nitrogens with zero attached hydrogens (tertiary/aromatic N) is 1. The fraction of sp³-hybridized carbons (Fsp3) is 0.400. The van der Waals surface area contributed by atoms with Gasteiger partial charge in [0.05, 0.1) is 24.1 Å². The van der Waals surface area contributed by atoms with Crippen molar-refractivity contribution in [3.63, 3.8) is 0 Å². The molecule has 0 bridgehead atoms. The minimum Gasteiger partial charge on any atom is -0.462 e. The van der Waals surface area contributed by atoms with Gasteiger partial charge in [0.2, 0.25) is 0 Å². The van der Waals surface area contributed by atoms with Gasteiger partial charge in [0.15, 0.2) is 0 Å². The first-order chi connectivity index (χ1) is 7.19. The quantitative estimate of drug-likeness (QED) is 0.628. The lowest BCUT2D eigenvalue weighted by Gasteiger charge is -2.07.